The molecule has 0 fully saturated rings. The van der Waals surface area contributed by atoms with Crippen LogP contribution in [-0.2, 0) is 0 Å². The average Bonchev–Trinajstić information content (AvgIpc) is 2.69. The second kappa shape index (κ2) is 3.61. The fourth-order valence-electron chi connectivity index (χ4n) is 1.54. The van der Waals surface area contributed by atoms with Gasteiger partial charge < -0.3 is 4.90 Å². The van der Waals surface area contributed by atoms with Crippen LogP contribution >= 0.6 is 0 Å². The third-order valence-corrected chi connectivity index (χ3v) is 2.24. The van der Waals surface area contributed by atoms with Crippen LogP contribution in [0.25, 0.3) is 0 Å². The standard InChI is InChI=1S/C9H12N4O/c1-7-3-2-4-13(5-7)9(14)8-10-6-11-12-8/h3,6H,2,4-5H2,1H3,(H,10,11,12). The Morgan fingerprint density at radius 2 is 2.50 bits per heavy atom. The van der Waals surface area contributed by atoms with E-state index in [0.29, 0.717) is 12.4 Å². The van der Waals surface area contributed by atoms with Crippen LogP contribution in [0.3, 0.4) is 0 Å². The molecule has 0 aromatic carbocycles. The normalized spacial score (nSPS) is 16.6. The van der Waals surface area contributed by atoms with Gasteiger partial charge in [-0.15, -0.1) is 0 Å². The lowest BCUT2D eigenvalue weighted by atomic mass is 10.1. The Hall–Kier alpha value is -1.65. The highest BCUT2D eigenvalue weighted by Crippen LogP contribution is 2.10. The molecule has 2 heterocycles. The molecule has 1 aliphatic rings. The highest BCUT2D eigenvalue weighted by atomic mass is 16.2. The number of rotatable bonds is 1. The number of nitrogens with one attached hydrogen (secondary N) is 1. The molecule has 2 rings (SSSR count). The lowest BCUT2D eigenvalue weighted by molar-refractivity contribution is 0.0754. The van der Waals surface area contributed by atoms with E-state index >= 15 is 0 Å². The minimum atomic E-state index is -0.0741. The Bertz CT molecular complexity index is 355. The molecule has 5 heteroatoms. The average molecular weight is 192 g/mol. The van der Waals surface area contributed by atoms with Gasteiger partial charge >= 0.3 is 0 Å². The molecule has 0 bridgehead atoms. The summed E-state index contributed by atoms with van der Waals surface area (Å²) in [6, 6.07) is 0. The van der Waals surface area contributed by atoms with Crippen LogP contribution < -0.4 is 0 Å². The summed E-state index contributed by atoms with van der Waals surface area (Å²) in [5.41, 5.74) is 1.23. The maximum Gasteiger partial charge on any atom is 0.291 e. The van der Waals surface area contributed by atoms with Gasteiger partial charge in [0.2, 0.25) is 5.82 Å². The molecule has 0 unspecified atom stereocenters. The van der Waals surface area contributed by atoms with E-state index in [9.17, 15) is 4.79 Å². The zero-order valence-electron chi connectivity index (χ0n) is 8.03. The molecule has 0 radical (unpaired) electrons. The first-order valence-corrected chi connectivity index (χ1v) is 4.57. The smallest absolute Gasteiger partial charge is 0.291 e. The van der Waals surface area contributed by atoms with E-state index in [1.165, 1.54) is 11.9 Å². The molecule has 14 heavy (non-hydrogen) atoms. The van der Waals surface area contributed by atoms with Crippen LogP contribution in [-0.4, -0.2) is 39.1 Å². The molecule has 74 valence electrons. The molecular formula is C9H12N4O. The number of nitrogens with zero attached hydrogens (tertiary/aromatic N) is 3. The van der Waals surface area contributed by atoms with Crippen molar-refractivity contribution < 1.29 is 4.79 Å². The van der Waals surface area contributed by atoms with E-state index in [2.05, 4.69) is 21.3 Å². The van der Waals surface area contributed by atoms with Gasteiger partial charge in [-0.1, -0.05) is 11.6 Å². The first-order valence-electron chi connectivity index (χ1n) is 4.57. The van der Waals surface area contributed by atoms with Gasteiger partial charge in [-0.2, -0.15) is 5.10 Å². The van der Waals surface area contributed by atoms with Gasteiger partial charge in [0.25, 0.3) is 5.91 Å². The molecule has 1 aromatic rings. The first-order chi connectivity index (χ1) is 6.77. The van der Waals surface area contributed by atoms with E-state index in [0.717, 1.165) is 13.0 Å². The van der Waals surface area contributed by atoms with Crippen LogP contribution in [0.15, 0.2) is 18.0 Å². The lowest BCUT2D eigenvalue weighted by Crippen LogP contribution is -2.36. The quantitative estimate of drug-likeness (QED) is 0.663. The van der Waals surface area contributed by atoms with Gasteiger partial charge in [0, 0.05) is 13.1 Å². The molecule has 0 atom stereocenters. The Balaban J connectivity index is 2.10. The van der Waals surface area contributed by atoms with Gasteiger partial charge in [-0.05, 0) is 13.3 Å². The largest absolute Gasteiger partial charge is 0.332 e. The van der Waals surface area contributed by atoms with Gasteiger partial charge in [0.05, 0.1) is 0 Å². The van der Waals surface area contributed by atoms with E-state index in [1.54, 1.807) is 4.90 Å². The predicted molar refractivity (Wildman–Crippen MR) is 50.7 cm³/mol. The monoisotopic (exact) mass is 192 g/mol. The second-order valence-corrected chi connectivity index (χ2v) is 3.40. The van der Waals surface area contributed by atoms with Crippen LogP contribution in [0.2, 0.25) is 0 Å². The zero-order chi connectivity index (χ0) is 9.97. The SMILES string of the molecule is CC1=CCCN(C(=O)c2ncn[nH]2)C1. The Labute approximate surface area is 81.8 Å². The minimum absolute atomic E-state index is 0.0741. The van der Waals surface area contributed by atoms with Crippen LogP contribution in [0.1, 0.15) is 24.0 Å². The van der Waals surface area contributed by atoms with Crippen LogP contribution in [0.5, 0.6) is 0 Å². The fourth-order valence-corrected chi connectivity index (χ4v) is 1.54. The van der Waals surface area contributed by atoms with Gasteiger partial charge in [-0.25, -0.2) is 4.98 Å². The molecule has 0 saturated heterocycles. The zero-order valence-corrected chi connectivity index (χ0v) is 8.03. The van der Waals surface area contributed by atoms with Crippen molar-refractivity contribution in [2.24, 2.45) is 0 Å². The van der Waals surface area contributed by atoms with E-state index in [4.69, 9.17) is 0 Å². The fraction of sp³-hybridized carbons (Fsp3) is 0.444. The highest BCUT2D eigenvalue weighted by molar-refractivity contribution is 5.90. The number of hydrogen-bond donors (Lipinski definition) is 1. The van der Waals surface area contributed by atoms with Crippen molar-refractivity contribution in [1.29, 1.82) is 0 Å². The molecule has 5 nitrogen and oxygen atoms in total. The summed E-state index contributed by atoms with van der Waals surface area (Å²) in [5.74, 6) is 0.245. The van der Waals surface area contributed by atoms with Crippen molar-refractivity contribution in [3.63, 3.8) is 0 Å². The maximum absolute atomic E-state index is 11.8. The summed E-state index contributed by atoms with van der Waals surface area (Å²) in [7, 11) is 0. The summed E-state index contributed by atoms with van der Waals surface area (Å²) in [6.45, 7) is 3.48. The van der Waals surface area contributed by atoms with Crippen molar-refractivity contribution in [2.75, 3.05) is 13.1 Å². The number of carbonyl (C=O) groups excluding carboxylic acids is 1. The minimum Gasteiger partial charge on any atom is -0.332 e. The third kappa shape index (κ3) is 1.66. The Morgan fingerprint density at radius 1 is 1.64 bits per heavy atom. The summed E-state index contributed by atoms with van der Waals surface area (Å²) < 4.78 is 0. The topological polar surface area (TPSA) is 61.9 Å². The third-order valence-electron chi connectivity index (χ3n) is 2.24. The van der Waals surface area contributed by atoms with Crippen molar-refractivity contribution >= 4 is 5.91 Å². The molecule has 0 aliphatic carbocycles. The van der Waals surface area contributed by atoms with Crippen molar-refractivity contribution in [3.05, 3.63) is 23.8 Å². The number of amides is 1. The molecule has 1 aliphatic heterocycles. The van der Waals surface area contributed by atoms with Gasteiger partial charge in [-0.3, -0.25) is 9.89 Å². The molecule has 1 aromatic heterocycles. The highest BCUT2D eigenvalue weighted by Gasteiger charge is 2.19. The molecule has 1 N–H and O–H groups in total. The summed E-state index contributed by atoms with van der Waals surface area (Å²) in [5, 5.41) is 6.24. The number of aromatic amines is 1. The summed E-state index contributed by atoms with van der Waals surface area (Å²) in [4.78, 5) is 17.4. The number of carbonyl (C=O) groups is 1. The van der Waals surface area contributed by atoms with E-state index < -0.39 is 0 Å². The Morgan fingerprint density at radius 3 is 3.14 bits per heavy atom. The van der Waals surface area contributed by atoms with E-state index in [-0.39, 0.29) is 5.91 Å². The van der Waals surface area contributed by atoms with Crippen LogP contribution in [0.4, 0.5) is 0 Å². The van der Waals surface area contributed by atoms with Crippen LogP contribution in [0, 0.1) is 0 Å². The lowest BCUT2D eigenvalue weighted by Gasteiger charge is -2.24. The van der Waals surface area contributed by atoms with Gasteiger partial charge in [0.1, 0.15) is 6.33 Å². The first kappa shape index (κ1) is 8.93. The Kier molecular flexibility index (Phi) is 2.30. The number of aromatic nitrogens is 3. The number of hydrogen-bond acceptors (Lipinski definition) is 3. The maximum atomic E-state index is 11.8. The summed E-state index contributed by atoms with van der Waals surface area (Å²) in [6.07, 6.45) is 4.43. The molecule has 0 saturated carbocycles. The predicted octanol–water partition coefficient (Wildman–Crippen LogP) is 0.597. The molecule has 0 spiro atoms. The van der Waals surface area contributed by atoms with Gasteiger partial charge in [0.15, 0.2) is 0 Å². The van der Waals surface area contributed by atoms with E-state index in [1.807, 2.05) is 6.92 Å². The van der Waals surface area contributed by atoms with Crippen molar-refractivity contribution in [1.82, 2.24) is 20.1 Å². The molecular weight excluding hydrogens is 180 g/mol. The van der Waals surface area contributed by atoms with Crippen molar-refractivity contribution in [3.8, 4) is 0 Å². The van der Waals surface area contributed by atoms with Crippen molar-refractivity contribution in [2.45, 2.75) is 13.3 Å². The second-order valence-electron chi connectivity index (χ2n) is 3.40. The summed E-state index contributed by atoms with van der Waals surface area (Å²) >= 11 is 0. The molecule has 1 amide bonds. The number of H-pyrrole nitrogens is 1.